The molecule has 0 bridgehead atoms. The number of esters is 1. The fourth-order valence-electron chi connectivity index (χ4n) is 2.68. The zero-order valence-electron chi connectivity index (χ0n) is 19.4. The maximum Gasteiger partial charge on any atom is 0.344 e. The molecule has 0 saturated heterocycles. The summed E-state index contributed by atoms with van der Waals surface area (Å²) in [5.41, 5.74) is 3.24. The van der Waals surface area contributed by atoms with Crippen molar-refractivity contribution in [3.8, 4) is 23.0 Å². The highest BCUT2D eigenvalue weighted by Crippen LogP contribution is 2.28. The van der Waals surface area contributed by atoms with Crippen LogP contribution in [0.1, 0.15) is 22.8 Å². The van der Waals surface area contributed by atoms with Crippen LogP contribution in [0.15, 0.2) is 41.5 Å². The molecule has 0 spiro atoms. The van der Waals surface area contributed by atoms with Gasteiger partial charge in [0, 0.05) is 5.56 Å². The molecular weight excluding hydrogens is 446 g/mol. The van der Waals surface area contributed by atoms with Crippen LogP contribution in [-0.4, -0.2) is 65.1 Å². The van der Waals surface area contributed by atoms with Gasteiger partial charge < -0.3 is 29.0 Å². The molecule has 2 rings (SSSR count). The molecule has 11 heteroatoms. The number of nitrogens with one attached hydrogen (secondary N) is 2. The van der Waals surface area contributed by atoms with Crippen LogP contribution in [0.3, 0.4) is 0 Å². The predicted octanol–water partition coefficient (Wildman–Crippen LogP) is 1.53. The second-order valence-corrected chi connectivity index (χ2v) is 6.55. The molecule has 2 amide bonds. The first-order valence-electron chi connectivity index (χ1n) is 10.2. The van der Waals surface area contributed by atoms with Crippen LogP contribution in [-0.2, 0) is 14.3 Å². The number of ether oxygens (including phenoxy) is 5. The number of carbonyl (C=O) groups is 3. The molecule has 2 N–H and O–H groups in total. The second kappa shape index (κ2) is 13.3. The maximum atomic E-state index is 12.3. The van der Waals surface area contributed by atoms with Gasteiger partial charge in [0.15, 0.2) is 29.6 Å². The highest BCUT2D eigenvalue weighted by molar-refractivity contribution is 5.97. The van der Waals surface area contributed by atoms with Crippen molar-refractivity contribution in [1.82, 2.24) is 10.7 Å². The van der Waals surface area contributed by atoms with Crippen molar-refractivity contribution in [1.29, 1.82) is 0 Å². The second-order valence-electron chi connectivity index (χ2n) is 6.55. The minimum absolute atomic E-state index is 0.247. The summed E-state index contributed by atoms with van der Waals surface area (Å²) in [7, 11) is 4.41. The van der Waals surface area contributed by atoms with E-state index < -0.39 is 17.8 Å². The lowest BCUT2D eigenvalue weighted by Crippen LogP contribution is -2.34. The minimum Gasteiger partial charge on any atom is -0.493 e. The molecule has 0 fully saturated rings. The Kier molecular flexibility index (Phi) is 10.2. The number of nitrogens with zero attached hydrogens (tertiary/aromatic N) is 1. The van der Waals surface area contributed by atoms with Crippen molar-refractivity contribution in [3.05, 3.63) is 47.5 Å². The van der Waals surface area contributed by atoms with E-state index in [1.54, 1.807) is 37.3 Å². The van der Waals surface area contributed by atoms with Crippen molar-refractivity contribution in [2.75, 3.05) is 41.1 Å². The number of methoxy groups -OCH3 is 3. The van der Waals surface area contributed by atoms with Gasteiger partial charge in [-0.15, -0.1) is 0 Å². The monoisotopic (exact) mass is 473 g/mol. The molecule has 0 radical (unpaired) electrons. The largest absolute Gasteiger partial charge is 0.493 e. The number of benzene rings is 2. The summed E-state index contributed by atoms with van der Waals surface area (Å²) in [6.45, 7) is 1.44. The van der Waals surface area contributed by atoms with Crippen molar-refractivity contribution >= 4 is 24.0 Å². The van der Waals surface area contributed by atoms with Crippen molar-refractivity contribution in [2.45, 2.75) is 6.92 Å². The Hall–Kier alpha value is -4.28. The quantitative estimate of drug-likeness (QED) is 0.269. The first-order chi connectivity index (χ1) is 16.4. The van der Waals surface area contributed by atoms with Crippen LogP contribution >= 0.6 is 0 Å². The highest BCUT2D eigenvalue weighted by atomic mass is 16.6. The maximum absolute atomic E-state index is 12.3. The Morgan fingerprint density at radius 1 is 0.912 bits per heavy atom. The van der Waals surface area contributed by atoms with Crippen molar-refractivity contribution in [2.24, 2.45) is 5.10 Å². The number of hydrogen-bond donors (Lipinski definition) is 2. The Labute approximate surface area is 197 Å². The van der Waals surface area contributed by atoms with E-state index in [4.69, 9.17) is 23.7 Å². The summed E-state index contributed by atoms with van der Waals surface area (Å²) in [5, 5.41) is 6.36. The van der Waals surface area contributed by atoms with Gasteiger partial charge in [0.05, 0.1) is 40.7 Å². The summed E-state index contributed by atoms with van der Waals surface area (Å²) in [6.07, 6.45) is 1.39. The van der Waals surface area contributed by atoms with Gasteiger partial charge >= 0.3 is 5.97 Å². The average molecular weight is 473 g/mol. The van der Waals surface area contributed by atoms with Crippen molar-refractivity contribution < 1.29 is 38.1 Å². The van der Waals surface area contributed by atoms with E-state index in [1.165, 1.54) is 33.6 Å². The topological polar surface area (TPSA) is 134 Å². The summed E-state index contributed by atoms with van der Waals surface area (Å²) in [4.78, 5) is 35.7. The first-order valence-corrected chi connectivity index (χ1v) is 10.2. The van der Waals surface area contributed by atoms with Gasteiger partial charge in [0.2, 0.25) is 0 Å². The lowest BCUT2D eigenvalue weighted by atomic mass is 10.2. The highest BCUT2D eigenvalue weighted by Gasteiger charge is 2.12. The van der Waals surface area contributed by atoms with Gasteiger partial charge in [-0.05, 0) is 48.9 Å². The third-order valence-electron chi connectivity index (χ3n) is 4.30. The minimum atomic E-state index is -0.522. The van der Waals surface area contributed by atoms with Crippen molar-refractivity contribution in [3.63, 3.8) is 0 Å². The van der Waals surface area contributed by atoms with E-state index in [0.29, 0.717) is 34.1 Å². The van der Waals surface area contributed by atoms with Gasteiger partial charge in [0.25, 0.3) is 11.8 Å². The zero-order valence-corrected chi connectivity index (χ0v) is 19.4. The number of hydrogen-bond acceptors (Lipinski definition) is 9. The zero-order chi connectivity index (χ0) is 24.9. The van der Waals surface area contributed by atoms with Gasteiger partial charge in [-0.3, -0.25) is 9.59 Å². The Bertz CT molecular complexity index is 1040. The number of carbonyl (C=O) groups excluding carboxylic acids is 3. The fourth-order valence-corrected chi connectivity index (χ4v) is 2.68. The van der Waals surface area contributed by atoms with Gasteiger partial charge in [0.1, 0.15) is 0 Å². The van der Waals surface area contributed by atoms with Gasteiger partial charge in [-0.1, -0.05) is 0 Å². The molecule has 11 nitrogen and oxygen atoms in total. The Balaban J connectivity index is 1.87. The summed E-state index contributed by atoms with van der Waals surface area (Å²) in [5.74, 6) is 0.153. The summed E-state index contributed by atoms with van der Waals surface area (Å²) >= 11 is 0. The molecule has 34 heavy (non-hydrogen) atoms. The van der Waals surface area contributed by atoms with Crippen LogP contribution in [0.4, 0.5) is 0 Å². The van der Waals surface area contributed by atoms with E-state index in [-0.39, 0.29) is 19.8 Å². The molecule has 0 atom stereocenters. The van der Waals surface area contributed by atoms with Crippen LogP contribution in [0.5, 0.6) is 23.0 Å². The molecule has 0 aliphatic heterocycles. The first kappa shape index (κ1) is 26.0. The molecule has 0 aliphatic carbocycles. The van der Waals surface area contributed by atoms with Crippen LogP contribution < -0.4 is 29.7 Å². The molecule has 2 aromatic carbocycles. The molecule has 0 saturated carbocycles. The van der Waals surface area contributed by atoms with Crippen LogP contribution in [0, 0.1) is 0 Å². The molecule has 182 valence electrons. The van der Waals surface area contributed by atoms with E-state index in [9.17, 15) is 14.4 Å². The molecule has 0 heterocycles. The van der Waals surface area contributed by atoms with E-state index in [2.05, 4.69) is 15.8 Å². The fraction of sp³-hybridized carbons (Fsp3) is 0.304. The molecule has 0 aromatic heterocycles. The average Bonchev–Trinajstić information content (AvgIpc) is 2.85. The molecule has 0 unspecified atom stereocenters. The van der Waals surface area contributed by atoms with E-state index in [1.807, 2.05) is 0 Å². The van der Waals surface area contributed by atoms with Crippen LogP contribution in [0.25, 0.3) is 0 Å². The van der Waals surface area contributed by atoms with E-state index >= 15 is 0 Å². The standard InChI is InChI=1S/C23H27N3O8/c1-5-33-22(28)14-34-18-8-6-15(10-19(18)31-3)12-25-26-21(27)13-24-23(29)16-7-9-17(30-2)20(11-16)32-4/h6-12H,5,13-14H2,1-4H3,(H,24,29)(H,26,27). The van der Waals surface area contributed by atoms with E-state index in [0.717, 1.165) is 0 Å². The number of rotatable bonds is 12. The smallest absolute Gasteiger partial charge is 0.344 e. The lowest BCUT2D eigenvalue weighted by molar-refractivity contribution is -0.145. The molecule has 0 aliphatic rings. The molecular formula is C23H27N3O8. The Morgan fingerprint density at radius 3 is 2.26 bits per heavy atom. The lowest BCUT2D eigenvalue weighted by Gasteiger charge is -2.10. The number of hydrazone groups is 1. The summed E-state index contributed by atoms with van der Waals surface area (Å²) < 4.78 is 25.8. The normalized spacial score (nSPS) is 10.4. The van der Waals surface area contributed by atoms with Crippen LogP contribution in [0.2, 0.25) is 0 Å². The third kappa shape index (κ3) is 7.69. The number of amides is 2. The molecule has 2 aromatic rings. The van der Waals surface area contributed by atoms with Gasteiger partial charge in [-0.2, -0.15) is 5.10 Å². The third-order valence-corrected chi connectivity index (χ3v) is 4.30. The Morgan fingerprint density at radius 2 is 1.59 bits per heavy atom. The predicted molar refractivity (Wildman–Crippen MR) is 123 cm³/mol. The SMILES string of the molecule is CCOC(=O)COc1ccc(C=NNC(=O)CNC(=O)c2ccc(OC)c(OC)c2)cc1OC. The summed E-state index contributed by atoms with van der Waals surface area (Å²) in [6, 6.07) is 9.55. The van der Waals surface area contributed by atoms with Gasteiger partial charge in [-0.25, -0.2) is 10.2 Å².